The molecule has 1 unspecified atom stereocenters. The average Bonchev–Trinajstić information content (AvgIpc) is 3.23. The molecule has 2 N–H and O–H groups in total. The number of hydrogen-bond acceptors (Lipinski definition) is 3. The molecule has 1 saturated carbocycles. The highest BCUT2D eigenvalue weighted by Gasteiger charge is 2.38. The first-order valence-electron chi connectivity index (χ1n) is 6.83. The number of hydrogen-bond donors (Lipinski definition) is 2. The van der Waals surface area contributed by atoms with E-state index in [1.807, 2.05) is 0 Å². The number of anilines is 1. The van der Waals surface area contributed by atoms with Gasteiger partial charge in [-0.05, 0) is 44.0 Å². The fourth-order valence-electron chi connectivity index (χ4n) is 2.18. The van der Waals surface area contributed by atoms with E-state index >= 15 is 0 Å². The quantitative estimate of drug-likeness (QED) is 0.864. The van der Waals surface area contributed by atoms with Crippen molar-refractivity contribution in [3.8, 4) is 0 Å². The first-order chi connectivity index (χ1) is 9.90. The van der Waals surface area contributed by atoms with Crippen molar-refractivity contribution in [2.75, 3.05) is 5.32 Å². The lowest BCUT2D eigenvalue weighted by Gasteiger charge is -2.26. The fourth-order valence-corrected chi connectivity index (χ4v) is 2.18. The molecular weight excluding hydrogens is 272 g/mol. The lowest BCUT2D eigenvalue weighted by Crippen LogP contribution is -2.44. The maximum atomic E-state index is 12.5. The van der Waals surface area contributed by atoms with Crippen LogP contribution in [-0.4, -0.2) is 39.9 Å². The maximum absolute atomic E-state index is 12.5. The van der Waals surface area contributed by atoms with Gasteiger partial charge in [0.05, 0.1) is 0 Å². The Hall–Kier alpha value is -2.37. The number of carbonyl (C=O) groups is 3. The van der Waals surface area contributed by atoms with Crippen molar-refractivity contribution >= 4 is 23.5 Å². The Labute approximate surface area is 122 Å². The van der Waals surface area contributed by atoms with Crippen LogP contribution in [0.3, 0.4) is 0 Å². The van der Waals surface area contributed by atoms with E-state index < -0.39 is 12.0 Å². The highest BCUT2D eigenvalue weighted by atomic mass is 16.4. The van der Waals surface area contributed by atoms with E-state index in [1.54, 1.807) is 24.3 Å². The Morgan fingerprint density at radius 2 is 1.81 bits per heavy atom. The molecule has 6 heteroatoms. The molecule has 1 aromatic carbocycles. The van der Waals surface area contributed by atoms with Crippen LogP contribution in [0.4, 0.5) is 5.69 Å². The number of carboxylic acid groups (broad SMARTS) is 1. The van der Waals surface area contributed by atoms with E-state index in [4.69, 9.17) is 5.11 Å². The van der Waals surface area contributed by atoms with Crippen LogP contribution >= 0.6 is 0 Å². The number of benzene rings is 1. The van der Waals surface area contributed by atoms with Crippen molar-refractivity contribution in [3.63, 3.8) is 0 Å². The molecule has 0 radical (unpaired) electrons. The van der Waals surface area contributed by atoms with Crippen molar-refractivity contribution in [1.29, 1.82) is 0 Å². The van der Waals surface area contributed by atoms with Crippen LogP contribution in [0.25, 0.3) is 0 Å². The molecule has 1 aromatic rings. The molecule has 21 heavy (non-hydrogen) atoms. The molecule has 1 aliphatic rings. The van der Waals surface area contributed by atoms with Gasteiger partial charge >= 0.3 is 5.97 Å². The monoisotopic (exact) mass is 290 g/mol. The summed E-state index contributed by atoms with van der Waals surface area (Å²) >= 11 is 0. The van der Waals surface area contributed by atoms with E-state index in [-0.39, 0.29) is 17.9 Å². The molecular formula is C15H18N2O4. The number of rotatable bonds is 5. The smallest absolute Gasteiger partial charge is 0.326 e. The van der Waals surface area contributed by atoms with Gasteiger partial charge in [0.1, 0.15) is 6.04 Å². The largest absolute Gasteiger partial charge is 0.480 e. The summed E-state index contributed by atoms with van der Waals surface area (Å²) in [6, 6.07) is 5.62. The molecule has 2 amide bonds. The summed E-state index contributed by atoms with van der Waals surface area (Å²) in [6.07, 6.45) is 1.68. The van der Waals surface area contributed by atoms with E-state index in [0.29, 0.717) is 11.3 Å². The second kappa shape index (κ2) is 5.95. The summed E-state index contributed by atoms with van der Waals surface area (Å²) in [5.41, 5.74) is 1.02. The van der Waals surface area contributed by atoms with E-state index in [9.17, 15) is 14.4 Å². The van der Waals surface area contributed by atoms with Crippen molar-refractivity contribution in [3.05, 3.63) is 29.8 Å². The van der Waals surface area contributed by atoms with Crippen LogP contribution in [0, 0.1) is 0 Å². The summed E-state index contributed by atoms with van der Waals surface area (Å²) in [5.74, 6) is -1.49. The van der Waals surface area contributed by atoms with Crippen LogP contribution in [0.2, 0.25) is 0 Å². The summed E-state index contributed by atoms with van der Waals surface area (Å²) < 4.78 is 0. The zero-order valence-electron chi connectivity index (χ0n) is 12.0. The number of carboxylic acids is 1. The van der Waals surface area contributed by atoms with Gasteiger partial charge in [0.2, 0.25) is 5.91 Å². The topological polar surface area (TPSA) is 86.7 Å². The third-order valence-corrected chi connectivity index (χ3v) is 3.40. The Bertz CT molecular complexity index is 564. The lowest BCUT2D eigenvalue weighted by molar-refractivity contribution is -0.141. The standard InChI is InChI=1S/C15H18N2O4/c1-9(15(20)21)17(13-7-8-13)14(19)11-3-5-12(6-4-11)16-10(2)18/h3-6,9,13H,7-8H2,1-2H3,(H,16,18)(H,20,21). The minimum Gasteiger partial charge on any atom is -0.480 e. The van der Waals surface area contributed by atoms with Gasteiger partial charge in [0.25, 0.3) is 5.91 Å². The molecule has 0 bridgehead atoms. The third-order valence-electron chi connectivity index (χ3n) is 3.40. The highest BCUT2D eigenvalue weighted by Crippen LogP contribution is 2.30. The van der Waals surface area contributed by atoms with Gasteiger partial charge in [-0.2, -0.15) is 0 Å². The van der Waals surface area contributed by atoms with Crippen molar-refractivity contribution in [2.45, 2.75) is 38.8 Å². The molecule has 0 heterocycles. The Morgan fingerprint density at radius 1 is 1.24 bits per heavy atom. The second-order valence-corrected chi connectivity index (χ2v) is 5.22. The van der Waals surface area contributed by atoms with Gasteiger partial charge in [-0.1, -0.05) is 0 Å². The Kier molecular flexibility index (Phi) is 4.26. The van der Waals surface area contributed by atoms with Gasteiger partial charge in [0, 0.05) is 24.2 Å². The molecule has 2 rings (SSSR count). The SMILES string of the molecule is CC(=O)Nc1ccc(C(=O)N(C2CC2)C(C)C(=O)O)cc1. The van der Waals surface area contributed by atoms with Gasteiger partial charge < -0.3 is 15.3 Å². The molecule has 1 fully saturated rings. The first kappa shape index (κ1) is 15.0. The van der Waals surface area contributed by atoms with Crippen LogP contribution in [0.15, 0.2) is 24.3 Å². The normalized spacial score (nSPS) is 15.1. The summed E-state index contributed by atoms with van der Waals surface area (Å²) in [5, 5.41) is 11.7. The molecule has 0 saturated heterocycles. The second-order valence-electron chi connectivity index (χ2n) is 5.22. The maximum Gasteiger partial charge on any atom is 0.326 e. The van der Waals surface area contributed by atoms with Crippen LogP contribution in [0.1, 0.15) is 37.0 Å². The third kappa shape index (κ3) is 3.59. The van der Waals surface area contributed by atoms with E-state index in [2.05, 4.69) is 5.32 Å². The molecule has 112 valence electrons. The molecule has 0 aromatic heterocycles. The van der Waals surface area contributed by atoms with Gasteiger partial charge in [-0.15, -0.1) is 0 Å². The molecule has 1 aliphatic carbocycles. The summed E-state index contributed by atoms with van der Waals surface area (Å²) in [7, 11) is 0. The number of nitrogens with one attached hydrogen (secondary N) is 1. The lowest BCUT2D eigenvalue weighted by atomic mass is 10.1. The van der Waals surface area contributed by atoms with Crippen molar-refractivity contribution in [1.82, 2.24) is 4.90 Å². The fraction of sp³-hybridized carbons (Fsp3) is 0.400. The number of nitrogens with zero attached hydrogens (tertiary/aromatic N) is 1. The van der Waals surface area contributed by atoms with Gasteiger partial charge in [-0.3, -0.25) is 9.59 Å². The van der Waals surface area contributed by atoms with Crippen LogP contribution in [-0.2, 0) is 9.59 Å². The summed E-state index contributed by atoms with van der Waals surface area (Å²) in [4.78, 5) is 36.0. The van der Waals surface area contributed by atoms with E-state index in [1.165, 1.54) is 18.7 Å². The number of amides is 2. The van der Waals surface area contributed by atoms with Gasteiger partial charge in [-0.25, -0.2) is 4.79 Å². The zero-order chi connectivity index (χ0) is 15.6. The summed E-state index contributed by atoms with van der Waals surface area (Å²) in [6.45, 7) is 2.92. The Morgan fingerprint density at radius 3 is 2.24 bits per heavy atom. The molecule has 6 nitrogen and oxygen atoms in total. The predicted octanol–water partition coefficient (Wildman–Crippen LogP) is 1.72. The Balaban J connectivity index is 2.17. The number of aliphatic carboxylic acids is 1. The number of carbonyl (C=O) groups excluding carboxylic acids is 2. The molecule has 1 atom stereocenters. The van der Waals surface area contributed by atoms with E-state index in [0.717, 1.165) is 12.8 Å². The average molecular weight is 290 g/mol. The van der Waals surface area contributed by atoms with Gasteiger partial charge in [0.15, 0.2) is 0 Å². The predicted molar refractivity (Wildman–Crippen MR) is 77.0 cm³/mol. The zero-order valence-corrected chi connectivity index (χ0v) is 12.0. The van der Waals surface area contributed by atoms with Crippen LogP contribution < -0.4 is 5.32 Å². The van der Waals surface area contributed by atoms with Crippen molar-refractivity contribution < 1.29 is 19.5 Å². The minimum absolute atomic E-state index is 0.0126. The molecule has 0 aliphatic heterocycles. The van der Waals surface area contributed by atoms with Crippen molar-refractivity contribution in [2.24, 2.45) is 0 Å². The highest BCUT2D eigenvalue weighted by molar-refractivity contribution is 5.97. The van der Waals surface area contributed by atoms with Crippen LogP contribution in [0.5, 0.6) is 0 Å². The minimum atomic E-state index is -1.01. The first-order valence-corrected chi connectivity index (χ1v) is 6.83. The molecule has 0 spiro atoms.